The zero-order chi connectivity index (χ0) is 11.8. The molecule has 0 unspecified atom stereocenters. The number of hydrogen-bond acceptors (Lipinski definition) is 1. The van der Waals surface area contributed by atoms with Crippen LogP contribution in [0.15, 0.2) is 18.2 Å². The van der Waals surface area contributed by atoms with E-state index < -0.39 is 0 Å². The van der Waals surface area contributed by atoms with E-state index in [4.69, 9.17) is 0 Å². The summed E-state index contributed by atoms with van der Waals surface area (Å²) < 4.78 is 0. The van der Waals surface area contributed by atoms with Crippen molar-refractivity contribution < 1.29 is 0 Å². The van der Waals surface area contributed by atoms with Crippen LogP contribution in [0.4, 0.5) is 0 Å². The highest BCUT2D eigenvalue weighted by Crippen LogP contribution is 2.24. The molecular formula is C15H20N2. The van der Waals surface area contributed by atoms with Crippen LogP contribution in [0.25, 0.3) is 10.9 Å². The molecule has 1 aliphatic rings. The fraction of sp³-hybridized carbons (Fsp3) is 0.467. The normalized spacial score (nSPS) is 17.1. The van der Waals surface area contributed by atoms with E-state index >= 15 is 0 Å². The van der Waals surface area contributed by atoms with Gasteiger partial charge in [-0.3, -0.25) is 0 Å². The average Bonchev–Trinajstić information content (AvgIpc) is 2.65. The molecule has 90 valence electrons. The van der Waals surface area contributed by atoms with Gasteiger partial charge in [0.2, 0.25) is 0 Å². The molecule has 2 heteroatoms. The summed E-state index contributed by atoms with van der Waals surface area (Å²) in [6.45, 7) is 4.56. The van der Waals surface area contributed by atoms with Crippen molar-refractivity contribution in [1.82, 2.24) is 9.88 Å². The Morgan fingerprint density at radius 1 is 1.12 bits per heavy atom. The maximum atomic E-state index is 3.51. The highest BCUT2D eigenvalue weighted by Gasteiger charge is 2.12. The van der Waals surface area contributed by atoms with Crippen LogP contribution in [0.5, 0.6) is 0 Å². The van der Waals surface area contributed by atoms with Crippen molar-refractivity contribution in [3.63, 3.8) is 0 Å². The number of nitrogens with one attached hydrogen (secondary N) is 1. The van der Waals surface area contributed by atoms with Crippen molar-refractivity contribution in [2.24, 2.45) is 0 Å². The quantitative estimate of drug-likeness (QED) is 0.795. The molecule has 0 amide bonds. The van der Waals surface area contributed by atoms with Gasteiger partial charge in [0.05, 0.1) is 0 Å². The maximum Gasteiger partial charge on any atom is 0.0459 e. The molecule has 1 aromatic heterocycles. The second-order valence-electron chi connectivity index (χ2n) is 5.16. The number of H-pyrrole nitrogens is 1. The minimum atomic E-state index is 1.09. The average molecular weight is 228 g/mol. The van der Waals surface area contributed by atoms with E-state index in [0.29, 0.717) is 0 Å². The summed E-state index contributed by atoms with van der Waals surface area (Å²) in [7, 11) is 2.22. The number of nitrogens with zero attached hydrogens (tertiary/aromatic N) is 1. The van der Waals surface area contributed by atoms with Gasteiger partial charge in [0, 0.05) is 24.3 Å². The van der Waals surface area contributed by atoms with Crippen molar-refractivity contribution in [2.75, 3.05) is 20.1 Å². The molecule has 0 spiro atoms. The Bertz CT molecular complexity index is 494. The van der Waals surface area contributed by atoms with E-state index in [9.17, 15) is 0 Å². The minimum Gasteiger partial charge on any atom is -0.358 e. The van der Waals surface area contributed by atoms with Crippen molar-refractivity contribution in [3.8, 4) is 0 Å². The molecule has 0 saturated carbocycles. The summed E-state index contributed by atoms with van der Waals surface area (Å²) in [6, 6.07) is 7.05. The monoisotopic (exact) mass is 228 g/mol. The summed E-state index contributed by atoms with van der Waals surface area (Å²) >= 11 is 0. The zero-order valence-corrected chi connectivity index (χ0v) is 10.7. The predicted molar refractivity (Wildman–Crippen MR) is 72.6 cm³/mol. The minimum absolute atomic E-state index is 1.09. The van der Waals surface area contributed by atoms with Gasteiger partial charge in [-0.05, 0) is 61.0 Å². The third kappa shape index (κ3) is 1.98. The van der Waals surface area contributed by atoms with Gasteiger partial charge in [-0.2, -0.15) is 0 Å². The third-order valence-electron chi connectivity index (χ3n) is 3.90. The van der Waals surface area contributed by atoms with Gasteiger partial charge in [0.25, 0.3) is 0 Å². The number of aryl methyl sites for hydroxylation is 1. The summed E-state index contributed by atoms with van der Waals surface area (Å²) in [5, 5.41) is 1.38. The molecule has 0 atom stereocenters. The molecule has 0 fully saturated rings. The first-order chi connectivity index (χ1) is 8.26. The van der Waals surface area contributed by atoms with Crippen LogP contribution in [0, 0.1) is 0 Å². The number of benzene rings is 1. The van der Waals surface area contributed by atoms with E-state index in [1.165, 1.54) is 48.1 Å². The Balaban J connectivity index is 2.07. The molecule has 1 aliphatic heterocycles. The lowest BCUT2D eigenvalue weighted by atomic mass is 10.0. The van der Waals surface area contributed by atoms with Crippen LogP contribution in [0.2, 0.25) is 0 Å². The molecule has 0 saturated heterocycles. The van der Waals surface area contributed by atoms with Crippen molar-refractivity contribution >= 4 is 10.9 Å². The highest BCUT2D eigenvalue weighted by atomic mass is 15.1. The number of aromatic nitrogens is 1. The molecule has 2 nitrogen and oxygen atoms in total. The molecule has 3 rings (SSSR count). The Hall–Kier alpha value is -1.28. The fourth-order valence-electron chi connectivity index (χ4n) is 2.72. The van der Waals surface area contributed by atoms with E-state index in [0.717, 1.165) is 6.42 Å². The summed E-state index contributed by atoms with van der Waals surface area (Å²) in [4.78, 5) is 5.94. The Morgan fingerprint density at radius 2 is 1.82 bits per heavy atom. The second kappa shape index (κ2) is 4.19. The van der Waals surface area contributed by atoms with Gasteiger partial charge < -0.3 is 9.88 Å². The lowest BCUT2D eigenvalue weighted by molar-refractivity contribution is 0.352. The first-order valence-corrected chi connectivity index (χ1v) is 6.58. The van der Waals surface area contributed by atoms with Crippen molar-refractivity contribution in [1.29, 1.82) is 0 Å². The summed E-state index contributed by atoms with van der Waals surface area (Å²) in [5.74, 6) is 0. The maximum absolute atomic E-state index is 3.51. The molecule has 1 aromatic carbocycles. The van der Waals surface area contributed by atoms with Gasteiger partial charge in [-0.15, -0.1) is 0 Å². The summed E-state index contributed by atoms with van der Waals surface area (Å²) in [6.07, 6.45) is 3.46. The van der Waals surface area contributed by atoms with E-state index in [2.05, 4.69) is 42.1 Å². The lowest BCUT2D eigenvalue weighted by Crippen LogP contribution is -2.20. The van der Waals surface area contributed by atoms with Crippen LogP contribution in [0.1, 0.15) is 23.7 Å². The van der Waals surface area contributed by atoms with Crippen LogP contribution < -0.4 is 0 Å². The third-order valence-corrected chi connectivity index (χ3v) is 3.90. The van der Waals surface area contributed by atoms with Gasteiger partial charge in [-0.1, -0.05) is 6.92 Å². The first-order valence-electron chi connectivity index (χ1n) is 6.58. The van der Waals surface area contributed by atoms with Crippen LogP contribution in [0.3, 0.4) is 0 Å². The molecule has 1 N–H and O–H groups in total. The highest BCUT2D eigenvalue weighted by molar-refractivity contribution is 5.82. The Morgan fingerprint density at radius 3 is 2.53 bits per heavy atom. The van der Waals surface area contributed by atoms with E-state index in [1.54, 1.807) is 5.56 Å². The number of likely N-dealkylation sites (N-methyl/N-ethyl adjacent to an activating group) is 1. The number of hydrogen-bond donors (Lipinski definition) is 1. The number of fused-ring (bicyclic) bond motifs is 2. The molecule has 2 heterocycles. The Labute approximate surface area is 103 Å². The molecule has 2 aromatic rings. The molecule has 0 radical (unpaired) electrons. The zero-order valence-electron chi connectivity index (χ0n) is 10.7. The smallest absolute Gasteiger partial charge is 0.0459 e. The largest absolute Gasteiger partial charge is 0.358 e. The van der Waals surface area contributed by atoms with E-state index in [1.807, 2.05) is 0 Å². The molecule has 0 bridgehead atoms. The fourth-order valence-corrected chi connectivity index (χ4v) is 2.72. The van der Waals surface area contributed by atoms with Gasteiger partial charge in [0.1, 0.15) is 0 Å². The van der Waals surface area contributed by atoms with Gasteiger partial charge >= 0.3 is 0 Å². The molecule has 0 aliphatic carbocycles. The van der Waals surface area contributed by atoms with Gasteiger partial charge in [-0.25, -0.2) is 0 Å². The molecular weight excluding hydrogens is 208 g/mol. The SMILES string of the molecule is CCc1cc2cc3c(cc2[nH]1)CCN(C)CC3. The molecule has 17 heavy (non-hydrogen) atoms. The van der Waals surface area contributed by atoms with Crippen LogP contribution in [-0.2, 0) is 19.3 Å². The van der Waals surface area contributed by atoms with Crippen LogP contribution >= 0.6 is 0 Å². The van der Waals surface area contributed by atoms with Crippen LogP contribution in [-0.4, -0.2) is 30.0 Å². The van der Waals surface area contributed by atoms with Crippen molar-refractivity contribution in [2.45, 2.75) is 26.2 Å². The number of aromatic amines is 1. The standard InChI is InChI=1S/C15H20N2/c1-3-14-9-13-8-11-4-6-17(2)7-5-12(11)10-15(13)16-14/h8-10,16H,3-7H2,1-2H3. The Kier molecular flexibility index (Phi) is 2.67. The predicted octanol–water partition coefficient (Wildman–Crippen LogP) is 2.76. The first kappa shape index (κ1) is 10.8. The van der Waals surface area contributed by atoms with Gasteiger partial charge in [0.15, 0.2) is 0 Å². The summed E-state index contributed by atoms with van der Waals surface area (Å²) in [5.41, 5.74) is 5.73. The number of rotatable bonds is 1. The van der Waals surface area contributed by atoms with E-state index in [-0.39, 0.29) is 0 Å². The van der Waals surface area contributed by atoms with Crippen molar-refractivity contribution in [3.05, 3.63) is 35.0 Å². The topological polar surface area (TPSA) is 19.0 Å². The second-order valence-corrected chi connectivity index (χ2v) is 5.16. The lowest BCUT2D eigenvalue weighted by Gasteiger charge is -2.10.